The molecule has 7 heteroatoms. The van der Waals surface area contributed by atoms with E-state index < -0.39 is 24.5 Å². The monoisotopic (exact) mass is 296 g/mol. The van der Waals surface area contributed by atoms with E-state index in [0.717, 1.165) is 12.8 Å². The van der Waals surface area contributed by atoms with Crippen LogP contribution >= 0.6 is 0 Å². The molecule has 0 unspecified atom stereocenters. The molecule has 1 aromatic heterocycles. The van der Waals surface area contributed by atoms with Crippen molar-refractivity contribution >= 4 is 17.9 Å². The van der Waals surface area contributed by atoms with Crippen molar-refractivity contribution in [2.75, 3.05) is 13.2 Å². The van der Waals surface area contributed by atoms with Gasteiger partial charge in [-0.2, -0.15) is 0 Å². The van der Waals surface area contributed by atoms with Gasteiger partial charge in [0, 0.05) is 6.54 Å². The van der Waals surface area contributed by atoms with Gasteiger partial charge < -0.3 is 14.5 Å². The third kappa shape index (κ3) is 5.68. The molecule has 0 bridgehead atoms. The smallest absolute Gasteiger partial charge is 0.342 e. The summed E-state index contributed by atoms with van der Waals surface area (Å²) in [5.41, 5.74) is 0.271. The molecule has 7 nitrogen and oxygen atoms in total. The predicted octanol–water partition coefficient (Wildman–Crippen LogP) is 1.68. The molecule has 0 atom stereocenters. The fourth-order valence-electron chi connectivity index (χ4n) is 1.63. The molecule has 1 heterocycles. The number of hydrogen-bond acceptors (Lipinski definition) is 5. The summed E-state index contributed by atoms with van der Waals surface area (Å²) in [5.74, 6) is -0.337. The Balaban J connectivity index is 2.34. The first kappa shape index (κ1) is 16.7. The average Bonchev–Trinajstić information content (AvgIpc) is 2.75. The largest absolute Gasteiger partial charge is 0.466 e. The number of unbranched alkanes of at least 4 members (excludes halogenated alkanes) is 1. The van der Waals surface area contributed by atoms with Crippen LogP contribution < -0.4 is 10.6 Å². The van der Waals surface area contributed by atoms with Crippen LogP contribution in [0, 0.1) is 13.8 Å². The Hall–Kier alpha value is -2.31. The minimum absolute atomic E-state index is 0.271. The van der Waals surface area contributed by atoms with Crippen LogP contribution in [0.1, 0.15) is 41.6 Å². The summed E-state index contributed by atoms with van der Waals surface area (Å²) < 4.78 is 10.0. The number of carbonyl (C=O) groups is 3. The van der Waals surface area contributed by atoms with Gasteiger partial charge in [-0.1, -0.05) is 13.3 Å². The van der Waals surface area contributed by atoms with Crippen molar-refractivity contribution in [1.29, 1.82) is 0 Å². The van der Waals surface area contributed by atoms with Crippen molar-refractivity contribution in [3.63, 3.8) is 0 Å². The zero-order valence-electron chi connectivity index (χ0n) is 12.4. The summed E-state index contributed by atoms with van der Waals surface area (Å²) in [4.78, 5) is 34.5. The molecule has 0 saturated carbocycles. The second kappa shape index (κ2) is 8.08. The van der Waals surface area contributed by atoms with Crippen LogP contribution in [-0.2, 0) is 9.53 Å². The number of furan rings is 1. The molecular weight excluding hydrogens is 276 g/mol. The maximum atomic E-state index is 11.7. The molecule has 0 aliphatic heterocycles. The van der Waals surface area contributed by atoms with Gasteiger partial charge in [0.2, 0.25) is 0 Å². The van der Waals surface area contributed by atoms with E-state index in [-0.39, 0.29) is 5.56 Å². The minimum atomic E-state index is -0.685. The van der Waals surface area contributed by atoms with Crippen LogP contribution in [0.15, 0.2) is 10.5 Å². The summed E-state index contributed by atoms with van der Waals surface area (Å²) >= 11 is 0. The zero-order valence-corrected chi connectivity index (χ0v) is 12.4. The van der Waals surface area contributed by atoms with Crippen LogP contribution in [0.2, 0.25) is 0 Å². The number of amides is 3. The van der Waals surface area contributed by atoms with Gasteiger partial charge in [-0.25, -0.2) is 9.59 Å². The highest BCUT2D eigenvalue weighted by molar-refractivity contribution is 5.97. The molecule has 1 aromatic rings. The van der Waals surface area contributed by atoms with Gasteiger partial charge in [0.05, 0.1) is 0 Å². The van der Waals surface area contributed by atoms with Crippen LogP contribution in [0.5, 0.6) is 0 Å². The second-order valence-electron chi connectivity index (χ2n) is 4.56. The third-order valence-corrected chi connectivity index (χ3v) is 2.66. The van der Waals surface area contributed by atoms with Gasteiger partial charge in [0.15, 0.2) is 6.61 Å². The van der Waals surface area contributed by atoms with Crippen LogP contribution in [-0.4, -0.2) is 31.1 Å². The van der Waals surface area contributed by atoms with Gasteiger partial charge in [-0.3, -0.25) is 10.1 Å². The molecule has 0 radical (unpaired) electrons. The van der Waals surface area contributed by atoms with Crippen molar-refractivity contribution in [1.82, 2.24) is 10.6 Å². The number of ether oxygens (including phenoxy) is 1. The Morgan fingerprint density at radius 2 is 2.00 bits per heavy atom. The van der Waals surface area contributed by atoms with Gasteiger partial charge in [0.1, 0.15) is 17.1 Å². The highest BCUT2D eigenvalue weighted by atomic mass is 16.5. The van der Waals surface area contributed by atoms with Gasteiger partial charge in [-0.15, -0.1) is 0 Å². The topological polar surface area (TPSA) is 97.6 Å². The summed E-state index contributed by atoms with van der Waals surface area (Å²) in [5, 5.41) is 4.60. The van der Waals surface area contributed by atoms with Crippen molar-refractivity contribution in [2.45, 2.75) is 33.6 Å². The highest BCUT2D eigenvalue weighted by Crippen LogP contribution is 2.14. The van der Waals surface area contributed by atoms with E-state index in [4.69, 9.17) is 9.15 Å². The lowest BCUT2D eigenvalue weighted by atomic mass is 10.2. The van der Waals surface area contributed by atoms with Crippen molar-refractivity contribution < 1.29 is 23.5 Å². The Morgan fingerprint density at radius 3 is 2.57 bits per heavy atom. The molecule has 0 aromatic carbocycles. The molecular formula is C14H20N2O5. The first-order valence-corrected chi connectivity index (χ1v) is 6.75. The number of nitrogens with one attached hydrogen (secondary N) is 2. The van der Waals surface area contributed by atoms with Crippen LogP contribution in [0.4, 0.5) is 4.79 Å². The minimum Gasteiger partial charge on any atom is -0.466 e. The van der Waals surface area contributed by atoms with E-state index in [1.54, 1.807) is 13.8 Å². The number of hydrogen-bond donors (Lipinski definition) is 2. The van der Waals surface area contributed by atoms with Crippen molar-refractivity contribution in [3.05, 3.63) is 23.2 Å². The molecule has 0 fully saturated rings. The molecule has 0 aliphatic rings. The summed E-state index contributed by atoms with van der Waals surface area (Å²) in [6, 6.07) is 0.937. The fourth-order valence-corrected chi connectivity index (χ4v) is 1.63. The normalized spacial score (nSPS) is 10.0. The van der Waals surface area contributed by atoms with Gasteiger partial charge >= 0.3 is 12.0 Å². The van der Waals surface area contributed by atoms with E-state index in [1.807, 2.05) is 6.92 Å². The van der Waals surface area contributed by atoms with E-state index in [0.29, 0.717) is 18.1 Å². The Kier molecular flexibility index (Phi) is 6.45. The molecule has 116 valence electrons. The fraction of sp³-hybridized carbons (Fsp3) is 0.500. The van der Waals surface area contributed by atoms with Crippen LogP contribution in [0.25, 0.3) is 0 Å². The number of esters is 1. The number of urea groups is 1. The molecule has 1 rings (SSSR count). The molecule has 2 N–H and O–H groups in total. The van der Waals surface area contributed by atoms with Crippen molar-refractivity contribution in [2.24, 2.45) is 0 Å². The third-order valence-electron chi connectivity index (χ3n) is 2.66. The van der Waals surface area contributed by atoms with E-state index in [9.17, 15) is 14.4 Å². The highest BCUT2D eigenvalue weighted by Gasteiger charge is 2.17. The first-order valence-electron chi connectivity index (χ1n) is 6.75. The number of imide groups is 1. The molecule has 3 amide bonds. The van der Waals surface area contributed by atoms with Crippen LogP contribution in [0.3, 0.4) is 0 Å². The standard InChI is InChI=1S/C14H20N2O5/c1-4-5-6-15-14(19)16-12(17)8-20-13(18)11-7-9(2)21-10(11)3/h7H,4-6,8H2,1-3H3,(H2,15,16,17,19). The van der Waals surface area contributed by atoms with Gasteiger partial charge in [0.25, 0.3) is 5.91 Å². The lowest BCUT2D eigenvalue weighted by molar-refractivity contribution is -0.123. The molecule has 0 saturated heterocycles. The quantitative estimate of drug-likeness (QED) is 0.615. The Labute approximate surface area is 123 Å². The average molecular weight is 296 g/mol. The molecule has 21 heavy (non-hydrogen) atoms. The molecule has 0 aliphatic carbocycles. The van der Waals surface area contributed by atoms with E-state index >= 15 is 0 Å². The number of rotatable bonds is 6. The predicted molar refractivity (Wildman–Crippen MR) is 74.9 cm³/mol. The first-order chi connectivity index (χ1) is 9.93. The maximum absolute atomic E-state index is 11.7. The Bertz CT molecular complexity index is 521. The number of carbonyl (C=O) groups excluding carboxylic acids is 3. The lowest BCUT2D eigenvalue weighted by Gasteiger charge is -2.06. The maximum Gasteiger partial charge on any atom is 0.342 e. The van der Waals surface area contributed by atoms with E-state index in [2.05, 4.69) is 10.6 Å². The summed E-state index contributed by atoms with van der Waals surface area (Å²) in [7, 11) is 0. The lowest BCUT2D eigenvalue weighted by Crippen LogP contribution is -2.41. The van der Waals surface area contributed by atoms with Gasteiger partial charge in [-0.05, 0) is 26.3 Å². The Morgan fingerprint density at radius 1 is 1.29 bits per heavy atom. The second-order valence-corrected chi connectivity index (χ2v) is 4.56. The van der Waals surface area contributed by atoms with Crippen molar-refractivity contribution in [3.8, 4) is 0 Å². The molecule has 0 spiro atoms. The summed E-state index contributed by atoms with van der Waals surface area (Å²) in [6.07, 6.45) is 1.77. The SMILES string of the molecule is CCCCNC(=O)NC(=O)COC(=O)c1cc(C)oc1C. The summed E-state index contributed by atoms with van der Waals surface area (Å²) in [6.45, 7) is 5.29. The van der Waals surface area contributed by atoms with E-state index in [1.165, 1.54) is 6.07 Å². The number of aryl methyl sites for hydroxylation is 2. The zero-order chi connectivity index (χ0) is 15.8.